The maximum atomic E-state index is 13.1. The fourth-order valence-electron chi connectivity index (χ4n) is 2.91. The lowest BCUT2D eigenvalue weighted by Crippen LogP contribution is -2.30. The van der Waals surface area contributed by atoms with E-state index in [-0.39, 0.29) is 5.37 Å². The Kier molecular flexibility index (Phi) is 4.37. The summed E-state index contributed by atoms with van der Waals surface area (Å²) in [7, 11) is -3.54. The molecule has 0 saturated carbocycles. The van der Waals surface area contributed by atoms with Crippen LogP contribution < -0.4 is 0 Å². The molecule has 0 spiro atoms. The molecule has 1 saturated heterocycles. The molecule has 0 amide bonds. The maximum absolute atomic E-state index is 13.1. The van der Waals surface area contributed by atoms with Crippen LogP contribution in [0, 0.1) is 0 Å². The monoisotopic (exact) mass is 371 g/mol. The summed E-state index contributed by atoms with van der Waals surface area (Å²) < 4.78 is 29.5. The molecule has 1 fully saturated rings. The van der Waals surface area contributed by atoms with Gasteiger partial charge in [0.15, 0.2) is 0 Å². The number of thioether (sulfide) groups is 1. The van der Waals surface area contributed by atoms with Crippen molar-refractivity contribution >= 4 is 21.8 Å². The Hall–Kier alpha value is -2.09. The normalized spacial score (nSPS) is 18.5. The first-order valence-electron chi connectivity index (χ1n) is 7.95. The van der Waals surface area contributed by atoms with Gasteiger partial charge in [0.2, 0.25) is 10.0 Å². The Labute approximate surface area is 151 Å². The van der Waals surface area contributed by atoms with Crippen LogP contribution in [0.25, 0.3) is 5.69 Å². The minimum absolute atomic E-state index is 0.169. The Bertz CT molecular complexity index is 940. The minimum Gasteiger partial charge on any atom is -0.241 e. The second kappa shape index (κ2) is 6.67. The predicted molar refractivity (Wildman–Crippen MR) is 99.1 cm³/mol. The number of sulfonamides is 1. The topological polar surface area (TPSA) is 55.2 Å². The summed E-state index contributed by atoms with van der Waals surface area (Å²) in [6, 6.07) is 18.5. The standard InChI is InChI=1S/C18H17N3O2S2/c22-25(23,17-9-7-16(8-10-17)20-12-4-11-19-20)21-13-14-24-18(21)15-5-2-1-3-6-15/h1-12,18H,13-14H2. The molecule has 4 rings (SSSR count). The highest BCUT2D eigenvalue weighted by Gasteiger charge is 2.36. The lowest BCUT2D eigenvalue weighted by molar-refractivity contribution is 0.434. The van der Waals surface area contributed by atoms with E-state index in [0.29, 0.717) is 11.4 Å². The van der Waals surface area contributed by atoms with E-state index in [1.807, 2.05) is 42.6 Å². The van der Waals surface area contributed by atoms with Crippen molar-refractivity contribution in [2.24, 2.45) is 0 Å². The molecule has 1 unspecified atom stereocenters. The van der Waals surface area contributed by atoms with E-state index in [2.05, 4.69) is 5.10 Å². The highest BCUT2D eigenvalue weighted by Crippen LogP contribution is 2.41. The largest absolute Gasteiger partial charge is 0.244 e. The first kappa shape index (κ1) is 16.4. The molecule has 0 N–H and O–H groups in total. The van der Waals surface area contributed by atoms with Crippen molar-refractivity contribution in [3.05, 3.63) is 78.6 Å². The van der Waals surface area contributed by atoms with Gasteiger partial charge in [-0.15, -0.1) is 11.8 Å². The fourth-order valence-corrected chi connectivity index (χ4v) is 6.15. The van der Waals surface area contributed by atoms with E-state index in [4.69, 9.17) is 0 Å². The summed E-state index contributed by atoms with van der Waals surface area (Å²) in [5.74, 6) is 0.796. The van der Waals surface area contributed by atoms with E-state index in [1.54, 1.807) is 51.2 Å². The van der Waals surface area contributed by atoms with Crippen LogP contribution in [0.15, 0.2) is 78.0 Å². The number of hydrogen-bond acceptors (Lipinski definition) is 4. The molecule has 0 bridgehead atoms. The zero-order valence-electron chi connectivity index (χ0n) is 13.4. The lowest BCUT2D eigenvalue weighted by atomic mass is 10.2. The van der Waals surface area contributed by atoms with Crippen molar-refractivity contribution in [2.75, 3.05) is 12.3 Å². The molecule has 1 atom stereocenters. The lowest BCUT2D eigenvalue weighted by Gasteiger charge is -2.23. The second-order valence-electron chi connectivity index (χ2n) is 5.69. The second-order valence-corrected chi connectivity index (χ2v) is 8.77. The van der Waals surface area contributed by atoms with Gasteiger partial charge in [-0.2, -0.15) is 9.40 Å². The number of hydrogen-bond donors (Lipinski definition) is 0. The molecule has 5 nitrogen and oxygen atoms in total. The van der Waals surface area contributed by atoms with Gasteiger partial charge in [0.1, 0.15) is 0 Å². The molecular weight excluding hydrogens is 354 g/mol. The van der Waals surface area contributed by atoms with E-state index in [1.165, 1.54) is 0 Å². The van der Waals surface area contributed by atoms with Crippen LogP contribution in [-0.2, 0) is 10.0 Å². The van der Waals surface area contributed by atoms with Gasteiger partial charge < -0.3 is 0 Å². The summed E-state index contributed by atoms with van der Waals surface area (Å²) in [4.78, 5) is 0.312. The SMILES string of the molecule is O=S(=O)(c1ccc(-n2cccn2)cc1)N1CCSC1c1ccccc1. The maximum Gasteiger partial charge on any atom is 0.244 e. The number of aromatic nitrogens is 2. The Morgan fingerprint density at radius 3 is 2.44 bits per heavy atom. The molecular formula is C18H17N3O2S2. The van der Waals surface area contributed by atoms with Crippen LogP contribution in [0.4, 0.5) is 0 Å². The third-order valence-electron chi connectivity index (χ3n) is 4.15. The zero-order valence-corrected chi connectivity index (χ0v) is 15.0. The summed E-state index contributed by atoms with van der Waals surface area (Å²) in [6.07, 6.45) is 3.52. The Balaban J connectivity index is 1.64. The molecule has 2 aromatic carbocycles. The van der Waals surface area contributed by atoms with Crippen molar-refractivity contribution in [3.63, 3.8) is 0 Å². The molecule has 1 aliphatic heterocycles. The molecule has 0 aliphatic carbocycles. The first-order chi connectivity index (χ1) is 12.2. The van der Waals surface area contributed by atoms with Crippen molar-refractivity contribution in [2.45, 2.75) is 10.3 Å². The van der Waals surface area contributed by atoms with Crippen LogP contribution in [0.2, 0.25) is 0 Å². The van der Waals surface area contributed by atoms with Gasteiger partial charge in [-0.1, -0.05) is 30.3 Å². The number of rotatable bonds is 4. The molecule has 7 heteroatoms. The molecule has 0 radical (unpaired) electrons. The molecule has 128 valence electrons. The average molecular weight is 371 g/mol. The van der Waals surface area contributed by atoms with E-state index in [9.17, 15) is 8.42 Å². The minimum atomic E-state index is -3.54. The fraction of sp³-hybridized carbons (Fsp3) is 0.167. The van der Waals surface area contributed by atoms with Gasteiger partial charge in [0, 0.05) is 24.7 Å². The summed E-state index contributed by atoms with van der Waals surface area (Å²) in [6.45, 7) is 0.521. The molecule has 1 aliphatic rings. The zero-order chi connectivity index (χ0) is 17.3. The van der Waals surface area contributed by atoms with Crippen LogP contribution >= 0.6 is 11.8 Å². The van der Waals surface area contributed by atoms with Crippen molar-refractivity contribution < 1.29 is 8.42 Å². The molecule has 2 heterocycles. The van der Waals surface area contributed by atoms with E-state index < -0.39 is 10.0 Å². The highest BCUT2D eigenvalue weighted by molar-refractivity contribution is 8.01. The van der Waals surface area contributed by atoms with Gasteiger partial charge >= 0.3 is 0 Å². The smallest absolute Gasteiger partial charge is 0.241 e. The predicted octanol–water partition coefficient (Wildman–Crippen LogP) is 3.31. The van der Waals surface area contributed by atoms with Crippen LogP contribution in [0.3, 0.4) is 0 Å². The van der Waals surface area contributed by atoms with Gasteiger partial charge in [-0.3, -0.25) is 0 Å². The summed E-state index contributed by atoms with van der Waals surface area (Å²) in [5.41, 5.74) is 1.85. The van der Waals surface area contributed by atoms with E-state index >= 15 is 0 Å². The number of benzene rings is 2. The van der Waals surface area contributed by atoms with Gasteiger partial charge in [0.25, 0.3) is 0 Å². The van der Waals surface area contributed by atoms with E-state index in [0.717, 1.165) is 17.0 Å². The van der Waals surface area contributed by atoms with Crippen LogP contribution in [0.1, 0.15) is 10.9 Å². The molecule has 25 heavy (non-hydrogen) atoms. The van der Waals surface area contributed by atoms with Crippen molar-refractivity contribution in [1.29, 1.82) is 0 Å². The van der Waals surface area contributed by atoms with Gasteiger partial charge in [-0.25, -0.2) is 13.1 Å². The van der Waals surface area contributed by atoms with Crippen LogP contribution in [-0.4, -0.2) is 34.8 Å². The van der Waals surface area contributed by atoms with Gasteiger partial charge in [0.05, 0.1) is 16.0 Å². The highest BCUT2D eigenvalue weighted by atomic mass is 32.2. The Morgan fingerprint density at radius 2 is 1.76 bits per heavy atom. The van der Waals surface area contributed by atoms with Crippen molar-refractivity contribution in [1.82, 2.24) is 14.1 Å². The first-order valence-corrected chi connectivity index (χ1v) is 10.4. The van der Waals surface area contributed by atoms with Crippen LogP contribution in [0.5, 0.6) is 0 Å². The molecule has 1 aromatic heterocycles. The number of nitrogens with zero attached hydrogens (tertiary/aromatic N) is 3. The molecule has 3 aromatic rings. The summed E-state index contributed by atoms with van der Waals surface area (Å²) in [5, 5.41) is 3.99. The third kappa shape index (κ3) is 3.10. The average Bonchev–Trinajstić information content (AvgIpc) is 3.35. The Morgan fingerprint density at radius 1 is 1.00 bits per heavy atom. The van der Waals surface area contributed by atoms with Crippen molar-refractivity contribution in [3.8, 4) is 5.69 Å². The quantitative estimate of drug-likeness (QED) is 0.706. The third-order valence-corrected chi connectivity index (χ3v) is 7.42. The van der Waals surface area contributed by atoms with Gasteiger partial charge in [-0.05, 0) is 35.9 Å². The summed E-state index contributed by atoms with van der Waals surface area (Å²) >= 11 is 1.66.